The summed E-state index contributed by atoms with van der Waals surface area (Å²) < 4.78 is 0. The van der Waals surface area contributed by atoms with Gasteiger partial charge in [0.05, 0.1) is 12.6 Å². The predicted molar refractivity (Wildman–Crippen MR) is 64.4 cm³/mol. The Morgan fingerprint density at radius 1 is 1.24 bits per heavy atom. The van der Waals surface area contributed by atoms with E-state index < -0.39 is 11.8 Å². The molecule has 1 aromatic rings. The fourth-order valence-corrected chi connectivity index (χ4v) is 1.24. The van der Waals surface area contributed by atoms with Gasteiger partial charge in [0.1, 0.15) is 0 Å². The average molecular weight is 236 g/mol. The van der Waals surface area contributed by atoms with Crippen molar-refractivity contribution in [3.8, 4) is 0 Å². The Labute approximate surface area is 99.8 Å². The summed E-state index contributed by atoms with van der Waals surface area (Å²) in [7, 11) is 0. The van der Waals surface area contributed by atoms with E-state index in [1.54, 1.807) is 24.3 Å². The number of rotatable bonds is 4. The zero-order chi connectivity index (χ0) is 12.7. The first-order valence-corrected chi connectivity index (χ1v) is 5.45. The zero-order valence-corrected chi connectivity index (χ0v) is 9.64. The third kappa shape index (κ3) is 4.24. The molecular formula is C12H16N2O3. The first-order chi connectivity index (χ1) is 8.17. The van der Waals surface area contributed by atoms with Gasteiger partial charge in [0.15, 0.2) is 0 Å². The van der Waals surface area contributed by atoms with Crippen LogP contribution in [0.15, 0.2) is 30.3 Å². The van der Waals surface area contributed by atoms with Gasteiger partial charge in [0.25, 0.3) is 0 Å². The van der Waals surface area contributed by atoms with Gasteiger partial charge in [0, 0.05) is 5.69 Å². The molecule has 2 amide bonds. The van der Waals surface area contributed by atoms with Gasteiger partial charge in [-0.1, -0.05) is 25.1 Å². The maximum atomic E-state index is 11.5. The van der Waals surface area contributed by atoms with Crippen LogP contribution in [-0.4, -0.2) is 29.6 Å². The van der Waals surface area contributed by atoms with Gasteiger partial charge in [-0.05, 0) is 18.6 Å². The molecule has 3 N–H and O–H groups in total. The van der Waals surface area contributed by atoms with Crippen molar-refractivity contribution in [2.45, 2.75) is 19.4 Å². The number of hydrogen-bond donors (Lipinski definition) is 3. The van der Waals surface area contributed by atoms with Gasteiger partial charge < -0.3 is 15.7 Å². The molecular weight excluding hydrogens is 220 g/mol. The van der Waals surface area contributed by atoms with E-state index in [-0.39, 0.29) is 12.6 Å². The number of aliphatic hydroxyl groups is 1. The average Bonchev–Trinajstić information content (AvgIpc) is 2.36. The second-order valence-corrected chi connectivity index (χ2v) is 3.58. The smallest absolute Gasteiger partial charge is 0.313 e. The monoisotopic (exact) mass is 236 g/mol. The molecule has 0 aromatic heterocycles. The van der Waals surface area contributed by atoms with Crippen LogP contribution in [0.1, 0.15) is 13.3 Å². The summed E-state index contributed by atoms with van der Waals surface area (Å²) in [6, 6.07) is 8.33. The molecule has 17 heavy (non-hydrogen) atoms. The van der Waals surface area contributed by atoms with Gasteiger partial charge in [-0.2, -0.15) is 0 Å². The second kappa shape index (κ2) is 6.65. The Morgan fingerprint density at radius 2 is 1.88 bits per heavy atom. The number of amides is 2. The van der Waals surface area contributed by atoms with E-state index >= 15 is 0 Å². The summed E-state index contributed by atoms with van der Waals surface area (Å²) in [4.78, 5) is 22.9. The van der Waals surface area contributed by atoms with Crippen molar-refractivity contribution in [1.82, 2.24) is 5.32 Å². The van der Waals surface area contributed by atoms with Gasteiger partial charge in [-0.25, -0.2) is 0 Å². The van der Waals surface area contributed by atoms with Crippen LogP contribution >= 0.6 is 0 Å². The molecule has 1 rings (SSSR count). The molecule has 0 spiro atoms. The number of aliphatic hydroxyl groups excluding tert-OH is 1. The van der Waals surface area contributed by atoms with Crippen LogP contribution in [0.5, 0.6) is 0 Å². The van der Waals surface area contributed by atoms with Crippen LogP contribution in [0.2, 0.25) is 0 Å². The Balaban J connectivity index is 2.50. The minimum absolute atomic E-state index is 0.180. The van der Waals surface area contributed by atoms with E-state index in [4.69, 9.17) is 5.11 Å². The van der Waals surface area contributed by atoms with E-state index in [2.05, 4.69) is 10.6 Å². The highest BCUT2D eigenvalue weighted by molar-refractivity contribution is 6.39. The molecule has 5 nitrogen and oxygen atoms in total. The molecule has 0 saturated carbocycles. The van der Waals surface area contributed by atoms with E-state index in [0.29, 0.717) is 12.1 Å². The van der Waals surface area contributed by atoms with Gasteiger partial charge in [-0.3, -0.25) is 9.59 Å². The third-order valence-corrected chi connectivity index (χ3v) is 2.29. The Morgan fingerprint density at radius 3 is 2.41 bits per heavy atom. The number of benzene rings is 1. The number of hydrogen-bond acceptors (Lipinski definition) is 3. The predicted octanol–water partition coefficient (Wildman–Crippen LogP) is 0.512. The highest BCUT2D eigenvalue weighted by Crippen LogP contribution is 2.04. The Hall–Kier alpha value is -1.88. The van der Waals surface area contributed by atoms with Gasteiger partial charge in [0.2, 0.25) is 0 Å². The SMILES string of the molecule is CCC(CO)NC(=O)C(=O)Nc1ccccc1. The maximum Gasteiger partial charge on any atom is 0.313 e. The molecule has 5 heteroatoms. The quantitative estimate of drug-likeness (QED) is 0.667. The third-order valence-electron chi connectivity index (χ3n) is 2.29. The van der Waals surface area contributed by atoms with Crippen LogP contribution < -0.4 is 10.6 Å². The highest BCUT2D eigenvalue weighted by Gasteiger charge is 2.16. The lowest BCUT2D eigenvalue weighted by atomic mass is 10.2. The number of nitrogens with one attached hydrogen (secondary N) is 2. The van der Waals surface area contributed by atoms with Crippen molar-refractivity contribution >= 4 is 17.5 Å². The normalized spacial score (nSPS) is 11.6. The molecule has 0 fully saturated rings. The second-order valence-electron chi connectivity index (χ2n) is 3.58. The number of carbonyl (C=O) groups is 2. The summed E-state index contributed by atoms with van der Waals surface area (Å²) >= 11 is 0. The number of para-hydroxylation sites is 1. The van der Waals surface area contributed by atoms with Crippen LogP contribution in [0.4, 0.5) is 5.69 Å². The molecule has 0 aliphatic rings. The molecule has 0 saturated heterocycles. The molecule has 92 valence electrons. The maximum absolute atomic E-state index is 11.5. The molecule has 1 aromatic carbocycles. The molecule has 0 aliphatic carbocycles. The van der Waals surface area contributed by atoms with Gasteiger partial charge in [-0.15, -0.1) is 0 Å². The van der Waals surface area contributed by atoms with E-state index in [1.807, 2.05) is 13.0 Å². The fraction of sp³-hybridized carbons (Fsp3) is 0.333. The standard InChI is InChI=1S/C12H16N2O3/c1-2-9(8-15)13-11(16)12(17)14-10-6-4-3-5-7-10/h3-7,9,15H,2,8H2,1H3,(H,13,16)(H,14,17). The van der Waals surface area contributed by atoms with Crippen LogP contribution in [0.25, 0.3) is 0 Å². The van der Waals surface area contributed by atoms with Crippen molar-refractivity contribution in [2.24, 2.45) is 0 Å². The molecule has 0 bridgehead atoms. The topological polar surface area (TPSA) is 78.4 Å². The van der Waals surface area contributed by atoms with Crippen molar-refractivity contribution < 1.29 is 14.7 Å². The molecule has 1 unspecified atom stereocenters. The first kappa shape index (κ1) is 13.2. The summed E-state index contributed by atoms with van der Waals surface area (Å²) in [5.41, 5.74) is 0.560. The van der Waals surface area contributed by atoms with Crippen molar-refractivity contribution in [3.05, 3.63) is 30.3 Å². The first-order valence-electron chi connectivity index (χ1n) is 5.45. The van der Waals surface area contributed by atoms with Crippen LogP contribution in [0.3, 0.4) is 0 Å². The minimum Gasteiger partial charge on any atom is -0.394 e. The molecule has 1 atom stereocenters. The van der Waals surface area contributed by atoms with Crippen molar-refractivity contribution in [3.63, 3.8) is 0 Å². The number of anilines is 1. The largest absolute Gasteiger partial charge is 0.394 e. The van der Waals surface area contributed by atoms with Gasteiger partial charge >= 0.3 is 11.8 Å². The lowest BCUT2D eigenvalue weighted by molar-refractivity contribution is -0.136. The fourth-order valence-electron chi connectivity index (χ4n) is 1.24. The molecule has 0 radical (unpaired) electrons. The van der Waals surface area contributed by atoms with E-state index in [0.717, 1.165) is 0 Å². The molecule has 0 aliphatic heterocycles. The van der Waals surface area contributed by atoms with Crippen LogP contribution in [-0.2, 0) is 9.59 Å². The summed E-state index contributed by atoms with van der Waals surface area (Å²) in [5, 5.41) is 13.8. The Kier molecular flexibility index (Phi) is 5.16. The van der Waals surface area contributed by atoms with Crippen molar-refractivity contribution in [1.29, 1.82) is 0 Å². The van der Waals surface area contributed by atoms with E-state index in [1.165, 1.54) is 0 Å². The van der Waals surface area contributed by atoms with Crippen molar-refractivity contribution in [2.75, 3.05) is 11.9 Å². The molecule has 0 heterocycles. The summed E-state index contributed by atoms with van der Waals surface area (Å²) in [5.74, 6) is -1.47. The lowest BCUT2D eigenvalue weighted by Crippen LogP contribution is -2.43. The zero-order valence-electron chi connectivity index (χ0n) is 9.64. The highest BCUT2D eigenvalue weighted by atomic mass is 16.3. The number of carbonyl (C=O) groups excluding carboxylic acids is 2. The summed E-state index contributed by atoms with van der Waals surface area (Å²) in [6.45, 7) is 1.64. The van der Waals surface area contributed by atoms with Crippen LogP contribution in [0, 0.1) is 0 Å². The lowest BCUT2D eigenvalue weighted by Gasteiger charge is -2.13. The van der Waals surface area contributed by atoms with E-state index in [9.17, 15) is 9.59 Å². The Bertz CT molecular complexity index is 375. The minimum atomic E-state index is -0.741. The summed E-state index contributed by atoms with van der Waals surface area (Å²) in [6.07, 6.45) is 0.570.